The van der Waals surface area contributed by atoms with Crippen LogP contribution in [0.1, 0.15) is 15.9 Å². The summed E-state index contributed by atoms with van der Waals surface area (Å²) in [4.78, 5) is 32.7. The number of non-ortho nitro benzene ring substituents is 1. The number of urea groups is 1. The van der Waals surface area contributed by atoms with Crippen LogP contribution in [0.4, 0.5) is 16.2 Å². The molecule has 2 rings (SSSR count). The van der Waals surface area contributed by atoms with Crippen molar-refractivity contribution < 1.29 is 14.5 Å². The summed E-state index contributed by atoms with van der Waals surface area (Å²) in [6.45, 7) is 0.284. The number of nitrogens with one attached hydrogen (secondary N) is 2. The lowest BCUT2D eigenvalue weighted by molar-refractivity contribution is -0.384. The highest BCUT2D eigenvalue weighted by molar-refractivity contribution is 5.94. The maximum atomic E-state index is 12.0. The van der Waals surface area contributed by atoms with Crippen molar-refractivity contribution >= 4 is 23.3 Å². The Labute approximate surface area is 131 Å². The number of nitrogens with zero attached hydrogens (tertiary/aromatic N) is 1. The zero-order valence-electron chi connectivity index (χ0n) is 12.0. The summed E-state index contributed by atoms with van der Waals surface area (Å²) < 4.78 is 0. The van der Waals surface area contributed by atoms with Gasteiger partial charge in [-0.15, -0.1) is 0 Å². The topological polar surface area (TPSA) is 127 Å². The van der Waals surface area contributed by atoms with Gasteiger partial charge in [-0.25, -0.2) is 4.79 Å². The standard InChI is InChI=1S/C15H14N4O4/c16-15(21)18-12-5-1-10(2-6-12)9-17-14(20)11-3-7-13(8-4-11)19(22)23/h1-8H,9H2,(H,17,20)(H3,16,18,21). The number of nitro benzene ring substituents is 1. The molecular formula is C15H14N4O4. The molecule has 118 valence electrons. The Kier molecular flexibility index (Phi) is 4.88. The Morgan fingerprint density at radius 1 is 1.04 bits per heavy atom. The average Bonchev–Trinajstić information content (AvgIpc) is 2.53. The first-order valence-electron chi connectivity index (χ1n) is 6.64. The van der Waals surface area contributed by atoms with Gasteiger partial charge in [0.05, 0.1) is 4.92 Å². The monoisotopic (exact) mass is 314 g/mol. The predicted molar refractivity (Wildman–Crippen MR) is 83.9 cm³/mol. The lowest BCUT2D eigenvalue weighted by atomic mass is 10.1. The number of benzene rings is 2. The van der Waals surface area contributed by atoms with Crippen LogP contribution in [-0.2, 0) is 6.54 Å². The normalized spacial score (nSPS) is 9.91. The summed E-state index contributed by atoms with van der Waals surface area (Å²) in [5.74, 6) is -0.334. The van der Waals surface area contributed by atoms with Gasteiger partial charge >= 0.3 is 6.03 Å². The third-order valence-corrected chi connectivity index (χ3v) is 3.01. The van der Waals surface area contributed by atoms with E-state index in [1.165, 1.54) is 24.3 Å². The predicted octanol–water partition coefficient (Wildman–Crippen LogP) is 2.02. The molecule has 0 atom stereocenters. The number of carbonyl (C=O) groups excluding carboxylic acids is 2. The van der Waals surface area contributed by atoms with Crippen molar-refractivity contribution in [1.29, 1.82) is 0 Å². The maximum Gasteiger partial charge on any atom is 0.316 e. The summed E-state index contributed by atoms with van der Waals surface area (Å²) in [5, 5.41) is 15.7. The van der Waals surface area contributed by atoms with Gasteiger partial charge in [0.1, 0.15) is 0 Å². The van der Waals surface area contributed by atoms with Crippen molar-refractivity contribution in [1.82, 2.24) is 5.32 Å². The first kappa shape index (κ1) is 16.0. The second-order valence-electron chi connectivity index (χ2n) is 4.67. The molecule has 0 heterocycles. The summed E-state index contributed by atoms with van der Waals surface area (Å²) in [5.41, 5.74) is 6.66. The molecule has 0 aliphatic heterocycles. The van der Waals surface area contributed by atoms with Gasteiger partial charge in [0.15, 0.2) is 0 Å². The summed E-state index contributed by atoms with van der Waals surface area (Å²) in [6, 6.07) is 11.5. The Morgan fingerprint density at radius 3 is 2.17 bits per heavy atom. The fourth-order valence-corrected chi connectivity index (χ4v) is 1.87. The lowest BCUT2D eigenvalue weighted by Gasteiger charge is -2.07. The van der Waals surface area contributed by atoms with Crippen molar-refractivity contribution in [3.8, 4) is 0 Å². The van der Waals surface area contributed by atoms with Crippen molar-refractivity contribution in [3.63, 3.8) is 0 Å². The number of primary amides is 1. The lowest BCUT2D eigenvalue weighted by Crippen LogP contribution is -2.22. The van der Waals surface area contributed by atoms with Crippen LogP contribution in [0.2, 0.25) is 0 Å². The van der Waals surface area contributed by atoms with Crippen molar-refractivity contribution in [2.75, 3.05) is 5.32 Å². The second kappa shape index (κ2) is 7.03. The van der Waals surface area contributed by atoms with Gasteiger partial charge in [-0.05, 0) is 29.8 Å². The molecule has 0 saturated carbocycles. The molecule has 23 heavy (non-hydrogen) atoms. The highest BCUT2D eigenvalue weighted by Crippen LogP contribution is 2.12. The smallest absolute Gasteiger partial charge is 0.316 e. The molecule has 3 amide bonds. The second-order valence-corrected chi connectivity index (χ2v) is 4.67. The van der Waals surface area contributed by atoms with E-state index in [-0.39, 0.29) is 18.1 Å². The number of anilines is 1. The Morgan fingerprint density at radius 2 is 1.65 bits per heavy atom. The number of carbonyl (C=O) groups is 2. The van der Waals surface area contributed by atoms with Gasteiger partial charge in [0, 0.05) is 29.9 Å². The van der Waals surface area contributed by atoms with Gasteiger partial charge in [0.25, 0.3) is 11.6 Å². The van der Waals surface area contributed by atoms with Crippen LogP contribution in [0.5, 0.6) is 0 Å². The zero-order chi connectivity index (χ0) is 16.8. The molecule has 0 unspecified atom stereocenters. The molecule has 0 aliphatic carbocycles. The number of hydrogen-bond donors (Lipinski definition) is 3. The third kappa shape index (κ3) is 4.53. The molecule has 0 aromatic heterocycles. The highest BCUT2D eigenvalue weighted by Gasteiger charge is 2.09. The minimum Gasteiger partial charge on any atom is -0.351 e. The number of amides is 3. The highest BCUT2D eigenvalue weighted by atomic mass is 16.6. The molecule has 2 aromatic carbocycles. The van der Waals surface area contributed by atoms with E-state index in [1.54, 1.807) is 24.3 Å². The van der Waals surface area contributed by atoms with Gasteiger partial charge in [-0.3, -0.25) is 14.9 Å². The van der Waals surface area contributed by atoms with E-state index in [1.807, 2.05) is 0 Å². The maximum absolute atomic E-state index is 12.0. The molecular weight excluding hydrogens is 300 g/mol. The van der Waals surface area contributed by atoms with Crippen LogP contribution >= 0.6 is 0 Å². The largest absolute Gasteiger partial charge is 0.351 e. The van der Waals surface area contributed by atoms with Crippen LogP contribution in [0, 0.1) is 10.1 Å². The van der Waals surface area contributed by atoms with E-state index in [0.717, 1.165) is 5.56 Å². The Balaban J connectivity index is 1.93. The molecule has 8 nitrogen and oxygen atoms in total. The number of nitrogens with two attached hydrogens (primary N) is 1. The SMILES string of the molecule is NC(=O)Nc1ccc(CNC(=O)c2ccc([N+](=O)[O-])cc2)cc1. The van der Waals surface area contributed by atoms with Crippen LogP contribution in [-0.4, -0.2) is 16.9 Å². The average molecular weight is 314 g/mol. The summed E-state index contributed by atoms with van der Waals surface area (Å²) >= 11 is 0. The van der Waals surface area contributed by atoms with Crippen molar-refractivity contribution in [2.45, 2.75) is 6.54 Å². The van der Waals surface area contributed by atoms with Crippen LogP contribution in [0.25, 0.3) is 0 Å². The summed E-state index contributed by atoms with van der Waals surface area (Å²) in [6.07, 6.45) is 0. The first-order valence-corrected chi connectivity index (χ1v) is 6.64. The van der Waals surface area contributed by atoms with Crippen molar-refractivity contribution in [2.24, 2.45) is 5.73 Å². The van der Waals surface area contributed by atoms with E-state index in [9.17, 15) is 19.7 Å². The summed E-state index contributed by atoms with van der Waals surface area (Å²) in [7, 11) is 0. The fourth-order valence-electron chi connectivity index (χ4n) is 1.87. The first-order chi connectivity index (χ1) is 11.0. The number of nitro groups is 1. The molecule has 0 bridgehead atoms. The van der Waals surface area contributed by atoms with E-state index < -0.39 is 11.0 Å². The van der Waals surface area contributed by atoms with Crippen LogP contribution < -0.4 is 16.4 Å². The molecule has 0 fully saturated rings. The van der Waals surface area contributed by atoms with Gasteiger partial charge in [-0.2, -0.15) is 0 Å². The van der Waals surface area contributed by atoms with E-state index in [0.29, 0.717) is 11.3 Å². The Hall–Kier alpha value is -3.42. The number of rotatable bonds is 5. The molecule has 0 saturated heterocycles. The molecule has 8 heteroatoms. The Bertz CT molecular complexity index is 726. The van der Waals surface area contributed by atoms with Gasteiger partial charge < -0.3 is 16.4 Å². The molecule has 0 aliphatic rings. The van der Waals surface area contributed by atoms with Crippen LogP contribution in [0.3, 0.4) is 0 Å². The molecule has 2 aromatic rings. The quantitative estimate of drug-likeness (QED) is 0.576. The van der Waals surface area contributed by atoms with E-state index in [2.05, 4.69) is 10.6 Å². The fraction of sp³-hybridized carbons (Fsp3) is 0.0667. The molecule has 4 N–H and O–H groups in total. The minimum atomic E-state index is -0.649. The zero-order valence-corrected chi connectivity index (χ0v) is 12.0. The van der Waals surface area contributed by atoms with Gasteiger partial charge in [-0.1, -0.05) is 12.1 Å². The van der Waals surface area contributed by atoms with Crippen LogP contribution in [0.15, 0.2) is 48.5 Å². The van der Waals surface area contributed by atoms with E-state index >= 15 is 0 Å². The molecule has 0 spiro atoms. The third-order valence-electron chi connectivity index (χ3n) is 3.01. The van der Waals surface area contributed by atoms with E-state index in [4.69, 9.17) is 5.73 Å². The molecule has 0 radical (unpaired) electrons. The van der Waals surface area contributed by atoms with Gasteiger partial charge in [0.2, 0.25) is 0 Å². The number of hydrogen-bond acceptors (Lipinski definition) is 4. The minimum absolute atomic E-state index is 0.0703. The van der Waals surface area contributed by atoms with Crippen molar-refractivity contribution in [3.05, 3.63) is 69.8 Å².